The van der Waals surface area contributed by atoms with E-state index >= 15 is 0 Å². The Kier molecular flexibility index (Phi) is 5.44. The maximum Gasteiger partial charge on any atom is 0.340 e. The van der Waals surface area contributed by atoms with Gasteiger partial charge < -0.3 is 14.7 Å². The Balaban J connectivity index is 2.63. The van der Waals surface area contributed by atoms with Crippen LogP contribution in [0.25, 0.3) is 5.57 Å². The van der Waals surface area contributed by atoms with Crippen LogP contribution in [0.1, 0.15) is 31.9 Å². The number of fused-ring (bicyclic) bond motifs is 1. The lowest BCUT2D eigenvalue weighted by molar-refractivity contribution is -0.138. The summed E-state index contributed by atoms with van der Waals surface area (Å²) in [5, 5.41) is 9.79. The van der Waals surface area contributed by atoms with E-state index in [1.165, 1.54) is 6.07 Å². The Hall–Kier alpha value is -2.14. The second-order valence-electron chi connectivity index (χ2n) is 6.26. The first-order valence-electron chi connectivity index (χ1n) is 8.09. The fourth-order valence-corrected chi connectivity index (χ4v) is 2.84. The van der Waals surface area contributed by atoms with Crippen LogP contribution in [0.5, 0.6) is 0 Å². The first-order valence-corrected chi connectivity index (χ1v) is 8.09. The summed E-state index contributed by atoms with van der Waals surface area (Å²) in [6.07, 6.45) is 1.61. The monoisotopic (exact) mass is 333 g/mol. The Morgan fingerprint density at radius 1 is 1.42 bits per heavy atom. The van der Waals surface area contributed by atoms with E-state index in [0.717, 1.165) is 0 Å². The van der Waals surface area contributed by atoms with Gasteiger partial charge in [-0.2, -0.15) is 0 Å². The highest BCUT2D eigenvalue weighted by molar-refractivity contribution is 6.09. The topological polar surface area (TPSA) is 49.8 Å². The van der Waals surface area contributed by atoms with Gasteiger partial charge in [0, 0.05) is 11.8 Å². The van der Waals surface area contributed by atoms with Crippen LogP contribution in [0.4, 0.5) is 10.1 Å². The number of rotatable bonds is 5. The summed E-state index contributed by atoms with van der Waals surface area (Å²) in [6, 6.07) is 2.82. The van der Waals surface area contributed by atoms with E-state index < -0.39 is 5.97 Å². The molecule has 5 heteroatoms. The first-order chi connectivity index (χ1) is 11.3. The van der Waals surface area contributed by atoms with Crippen molar-refractivity contribution in [2.45, 2.75) is 33.7 Å². The van der Waals surface area contributed by atoms with Gasteiger partial charge in [0.25, 0.3) is 0 Å². The van der Waals surface area contributed by atoms with Gasteiger partial charge in [0.1, 0.15) is 5.82 Å². The quantitative estimate of drug-likeness (QED) is 0.839. The Bertz CT molecular complexity index is 694. The number of aliphatic hydroxyl groups is 1. The molecule has 0 aromatic heterocycles. The Morgan fingerprint density at radius 2 is 2.08 bits per heavy atom. The molecule has 0 saturated heterocycles. The standard InChI is InChI=1S/C19H24FNO3/c1-6-24-19(23)15-9-21(18(10-22)11(2)3)17-8-16(20)12(4)7-14(17)13(15)5/h7-9,11,18,22H,5-6,10H2,1-4H3. The summed E-state index contributed by atoms with van der Waals surface area (Å²) in [5.74, 6) is -0.709. The molecule has 0 spiro atoms. The van der Waals surface area contributed by atoms with Gasteiger partial charge >= 0.3 is 5.97 Å². The Morgan fingerprint density at radius 3 is 2.62 bits per heavy atom. The molecule has 2 rings (SSSR count). The summed E-state index contributed by atoms with van der Waals surface area (Å²) in [7, 11) is 0. The number of carbonyl (C=O) groups is 1. The molecule has 4 nitrogen and oxygen atoms in total. The lowest BCUT2D eigenvalue weighted by atomic mass is 9.90. The second kappa shape index (κ2) is 7.18. The van der Waals surface area contributed by atoms with Crippen molar-refractivity contribution < 1.29 is 19.0 Å². The van der Waals surface area contributed by atoms with E-state index in [2.05, 4.69) is 6.58 Å². The summed E-state index contributed by atoms with van der Waals surface area (Å²) >= 11 is 0. The Labute approximate surface area is 142 Å². The lowest BCUT2D eigenvalue weighted by Gasteiger charge is -2.37. The molecule has 1 aliphatic rings. The van der Waals surface area contributed by atoms with Crippen LogP contribution in [0, 0.1) is 18.7 Å². The van der Waals surface area contributed by atoms with Crippen molar-refractivity contribution in [1.82, 2.24) is 0 Å². The SMILES string of the molecule is C=C1C(C(=O)OCC)=CN(C(CO)C(C)C)c2cc(F)c(C)cc21. The summed E-state index contributed by atoms with van der Waals surface area (Å²) in [5.41, 5.74) is 2.59. The van der Waals surface area contributed by atoms with Crippen molar-refractivity contribution >= 4 is 17.2 Å². The van der Waals surface area contributed by atoms with Crippen LogP contribution in [-0.2, 0) is 9.53 Å². The van der Waals surface area contributed by atoms with Gasteiger partial charge in [0.2, 0.25) is 0 Å². The molecule has 0 aliphatic carbocycles. The molecule has 0 saturated carbocycles. The van der Waals surface area contributed by atoms with Crippen LogP contribution < -0.4 is 4.90 Å². The van der Waals surface area contributed by atoms with E-state index in [0.29, 0.717) is 28.0 Å². The summed E-state index contributed by atoms with van der Waals surface area (Å²) in [4.78, 5) is 14.0. The number of aryl methyl sites for hydroxylation is 1. The van der Waals surface area contributed by atoms with E-state index in [-0.39, 0.29) is 31.0 Å². The average molecular weight is 333 g/mol. The van der Waals surface area contributed by atoms with E-state index in [1.54, 1.807) is 31.0 Å². The van der Waals surface area contributed by atoms with Gasteiger partial charge in [-0.1, -0.05) is 20.4 Å². The maximum atomic E-state index is 14.1. The normalized spacial score (nSPS) is 15.2. The molecule has 0 amide bonds. The number of anilines is 1. The van der Waals surface area contributed by atoms with Crippen LogP contribution in [0.3, 0.4) is 0 Å². The molecule has 0 radical (unpaired) electrons. The molecule has 1 aliphatic heterocycles. The summed E-state index contributed by atoms with van der Waals surface area (Å²) < 4.78 is 19.2. The van der Waals surface area contributed by atoms with Crippen molar-refractivity contribution in [1.29, 1.82) is 0 Å². The maximum absolute atomic E-state index is 14.1. The highest BCUT2D eigenvalue weighted by atomic mass is 19.1. The number of esters is 1. The van der Waals surface area contributed by atoms with Gasteiger partial charge in [0.05, 0.1) is 30.5 Å². The minimum absolute atomic E-state index is 0.0956. The molecule has 0 bridgehead atoms. The molecule has 24 heavy (non-hydrogen) atoms. The van der Waals surface area contributed by atoms with E-state index in [4.69, 9.17) is 4.74 Å². The van der Waals surface area contributed by atoms with Crippen molar-refractivity contribution in [2.75, 3.05) is 18.1 Å². The van der Waals surface area contributed by atoms with Crippen LogP contribution in [-0.4, -0.2) is 30.3 Å². The smallest absolute Gasteiger partial charge is 0.340 e. The van der Waals surface area contributed by atoms with Crippen LogP contribution in [0.15, 0.2) is 30.5 Å². The third-order valence-electron chi connectivity index (χ3n) is 4.28. The molecule has 1 heterocycles. The number of benzene rings is 1. The van der Waals surface area contributed by atoms with Crippen molar-refractivity contribution in [3.8, 4) is 0 Å². The number of nitrogens with zero attached hydrogens (tertiary/aromatic N) is 1. The van der Waals surface area contributed by atoms with Gasteiger partial charge in [0.15, 0.2) is 0 Å². The minimum Gasteiger partial charge on any atom is -0.462 e. The van der Waals surface area contributed by atoms with Gasteiger partial charge in [-0.05, 0) is 43.0 Å². The van der Waals surface area contributed by atoms with Crippen LogP contribution in [0.2, 0.25) is 0 Å². The van der Waals surface area contributed by atoms with Gasteiger partial charge in [-0.15, -0.1) is 0 Å². The zero-order valence-corrected chi connectivity index (χ0v) is 14.6. The fraction of sp³-hybridized carbons (Fsp3) is 0.421. The van der Waals surface area contributed by atoms with E-state index in [1.807, 2.05) is 13.8 Å². The molecule has 1 unspecified atom stereocenters. The summed E-state index contributed by atoms with van der Waals surface area (Å²) in [6.45, 7) is 11.5. The number of halogens is 1. The van der Waals surface area contributed by atoms with Gasteiger partial charge in [-0.25, -0.2) is 9.18 Å². The molecule has 1 aromatic carbocycles. The zero-order valence-electron chi connectivity index (χ0n) is 14.6. The molecular formula is C19H24FNO3. The lowest BCUT2D eigenvalue weighted by Crippen LogP contribution is -2.40. The molecular weight excluding hydrogens is 309 g/mol. The van der Waals surface area contributed by atoms with Crippen molar-refractivity contribution in [3.63, 3.8) is 0 Å². The largest absolute Gasteiger partial charge is 0.462 e. The fourth-order valence-electron chi connectivity index (χ4n) is 2.84. The highest BCUT2D eigenvalue weighted by Gasteiger charge is 2.31. The van der Waals surface area contributed by atoms with E-state index in [9.17, 15) is 14.3 Å². The van der Waals surface area contributed by atoms with Crippen molar-refractivity contribution in [2.24, 2.45) is 5.92 Å². The first kappa shape index (κ1) is 18.2. The third-order valence-corrected chi connectivity index (χ3v) is 4.28. The molecule has 1 aromatic rings. The number of hydrogen-bond donors (Lipinski definition) is 1. The number of carbonyl (C=O) groups excluding carboxylic acids is 1. The minimum atomic E-state index is -0.472. The molecule has 0 fully saturated rings. The predicted molar refractivity (Wildman–Crippen MR) is 93.1 cm³/mol. The third kappa shape index (κ3) is 3.22. The van der Waals surface area contributed by atoms with Crippen molar-refractivity contribution in [3.05, 3.63) is 47.4 Å². The predicted octanol–water partition coefficient (Wildman–Crippen LogP) is 3.43. The zero-order chi connectivity index (χ0) is 18.0. The average Bonchev–Trinajstić information content (AvgIpc) is 2.52. The second-order valence-corrected chi connectivity index (χ2v) is 6.26. The molecule has 1 N–H and O–H groups in total. The van der Waals surface area contributed by atoms with Gasteiger partial charge in [-0.3, -0.25) is 0 Å². The number of hydrogen-bond acceptors (Lipinski definition) is 4. The molecule has 1 atom stereocenters. The number of aliphatic hydroxyl groups excluding tert-OH is 1. The van der Waals surface area contributed by atoms with Crippen LogP contribution >= 0.6 is 0 Å². The number of ether oxygens (including phenoxy) is 1. The highest BCUT2D eigenvalue weighted by Crippen LogP contribution is 2.40. The molecule has 130 valence electrons.